The Morgan fingerprint density at radius 1 is 1.35 bits per heavy atom. The molecule has 106 valence electrons. The van der Waals surface area contributed by atoms with Crippen LogP contribution in [0.2, 0.25) is 0 Å². The molecule has 1 heterocycles. The number of nitrogens with one attached hydrogen (secondary N) is 2. The summed E-state index contributed by atoms with van der Waals surface area (Å²) < 4.78 is 0. The fourth-order valence-corrected chi connectivity index (χ4v) is 2.87. The summed E-state index contributed by atoms with van der Waals surface area (Å²) in [5, 5.41) is 13.0. The number of benzene rings is 1. The predicted octanol–water partition coefficient (Wildman–Crippen LogP) is 1.89. The van der Waals surface area contributed by atoms with Gasteiger partial charge in [0.1, 0.15) is 0 Å². The average molecular weight is 273 g/mol. The number of aliphatic hydroxyl groups is 1. The highest BCUT2D eigenvalue weighted by atomic mass is 16.3. The molecule has 3 N–H and O–H groups in total. The molecule has 1 saturated carbocycles. The van der Waals surface area contributed by atoms with Gasteiger partial charge in [-0.3, -0.25) is 9.78 Å². The maximum atomic E-state index is 12.0. The normalized spacial score (nSPS) is 16.9. The van der Waals surface area contributed by atoms with E-state index in [4.69, 9.17) is 5.11 Å². The number of aromatic nitrogens is 2. The van der Waals surface area contributed by atoms with Crippen LogP contribution in [0.3, 0.4) is 0 Å². The third-order valence-electron chi connectivity index (χ3n) is 4.30. The quantitative estimate of drug-likeness (QED) is 0.777. The molecule has 0 unspecified atom stereocenters. The first-order valence-corrected chi connectivity index (χ1v) is 7.06. The molecule has 5 nitrogen and oxygen atoms in total. The molecule has 0 amide bonds. The number of nitrogens with zero attached hydrogens (tertiary/aromatic N) is 1. The van der Waals surface area contributed by atoms with E-state index in [1.54, 1.807) is 6.07 Å². The molecule has 0 aliphatic heterocycles. The van der Waals surface area contributed by atoms with Crippen molar-refractivity contribution in [3.8, 4) is 0 Å². The van der Waals surface area contributed by atoms with Crippen molar-refractivity contribution in [1.82, 2.24) is 9.97 Å². The Hall–Kier alpha value is -1.88. The highest BCUT2D eigenvalue weighted by molar-refractivity contribution is 5.78. The van der Waals surface area contributed by atoms with E-state index in [0.717, 1.165) is 25.8 Å². The van der Waals surface area contributed by atoms with Crippen LogP contribution in [0.4, 0.5) is 5.95 Å². The van der Waals surface area contributed by atoms with E-state index in [1.165, 1.54) is 6.42 Å². The number of aromatic amines is 1. The van der Waals surface area contributed by atoms with Crippen molar-refractivity contribution in [1.29, 1.82) is 0 Å². The minimum atomic E-state index is -0.122. The van der Waals surface area contributed by atoms with Gasteiger partial charge in [0.25, 0.3) is 5.56 Å². The van der Waals surface area contributed by atoms with Crippen molar-refractivity contribution in [2.45, 2.75) is 25.7 Å². The van der Waals surface area contributed by atoms with Crippen LogP contribution in [0.15, 0.2) is 29.1 Å². The second kappa shape index (κ2) is 5.25. The highest BCUT2D eigenvalue weighted by Gasteiger charge is 2.36. The van der Waals surface area contributed by atoms with Crippen molar-refractivity contribution in [2.24, 2.45) is 5.41 Å². The molecular formula is C15H19N3O2. The summed E-state index contributed by atoms with van der Waals surface area (Å²) >= 11 is 0. The van der Waals surface area contributed by atoms with Gasteiger partial charge < -0.3 is 10.4 Å². The molecule has 1 aliphatic carbocycles. The lowest BCUT2D eigenvalue weighted by Crippen LogP contribution is -2.38. The predicted molar refractivity (Wildman–Crippen MR) is 78.8 cm³/mol. The van der Waals surface area contributed by atoms with Gasteiger partial charge in [-0.1, -0.05) is 18.6 Å². The number of hydrogen-bond donors (Lipinski definition) is 3. The summed E-state index contributed by atoms with van der Waals surface area (Å²) in [6.07, 6.45) is 4.26. The summed E-state index contributed by atoms with van der Waals surface area (Å²) in [4.78, 5) is 19.2. The summed E-state index contributed by atoms with van der Waals surface area (Å²) in [7, 11) is 0. The van der Waals surface area contributed by atoms with Gasteiger partial charge in [-0.25, -0.2) is 4.98 Å². The third-order valence-corrected chi connectivity index (χ3v) is 4.30. The van der Waals surface area contributed by atoms with Crippen LogP contribution in [-0.4, -0.2) is 28.2 Å². The van der Waals surface area contributed by atoms with E-state index in [0.29, 0.717) is 16.9 Å². The summed E-state index contributed by atoms with van der Waals surface area (Å²) in [6, 6.07) is 7.31. The molecule has 1 fully saturated rings. The largest absolute Gasteiger partial charge is 0.396 e. The number of para-hydroxylation sites is 1. The SMILES string of the molecule is O=c1[nH]c(NCC2(CCO)CCC2)nc2ccccc12. The minimum absolute atomic E-state index is 0.122. The van der Waals surface area contributed by atoms with Crippen LogP contribution < -0.4 is 10.9 Å². The number of aliphatic hydroxyl groups excluding tert-OH is 1. The molecule has 0 spiro atoms. The van der Waals surface area contributed by atoms with Gasteiger partial charge in [0.15, 0.2) is 0 Å². The van der Waals surface area contributed by atoms with Crippen LogP contribution in [0, 0.1) is 5.41 Å². The van der Waals surface area contributed by atoms with E-state index < -0.39 is 0 Å². The van der Waals surface area contributed by atoms with Gasteiger partial charge in [0.2, 0.25) is 5.95 Å². The zero-order chi connectivity index (χ0) is 14.0. The fourth-order valence-electron chi connectivity index (χ4n) is 2.87. The smallest absolute Gasteiger partial charge is 0.260 e. The van der Waals surface area contributed by atoms with Crippen LogP contribution in [0.5, 0.6) is 0 Å². The van der Waals surface area contributed by atoms with Crippen LogP contribution in [-0.2, 0) is 0 Å². The number of rotatable bonds is 5. The Labute approximate surface area is 117 Å². The Kier molecular flexibility index (Phi) is 3.44. The van der Waals surface area contributed by atoms with Crippen LogP contribution in [0.25, 0.3) is 10.9 Å². The van der Waals surface area contributed by atoms with E-state index >= 15 is 0 Å². The van der Waals surface area contributed by atoms with Crippen LogP contribution in [0.1, 0.15) is 25.7 Å². The lowest BCUT2D eigenvalue weighted by atomic mass is 9.67. The van der Waals surface area contributed by atoms with Gasteiger partial charge in [0.05, 0.1) is 10.9 Å². The monoisotopic (exact) mass is 273 g/mol. The standard InChI is InChI=1S/C15H19N3O2/c19-9-8-15(6-3-7-15)10-16-14-17-12-5-2-1-4-11(12)13(20)18-14/h1-2,4-5,19H,3,6-10H2,(H2,16,17,18,20). The van der Waals surface area contributed by atoms with E-state index in [-0.39, 0.29) is 17.6 Å². The van der Waals surface area contributed by atoms with Crippen molar-refractivity contribution in [2.75, 3.05) is 18.5 Å². The molecule has 1 aliphatic rings. The first-order valence-electron chi connectivity index (χ1n) is 7.06. The first kappa shape index (κ1) is 13.1. The van der Waals surface area contributed by atoms with Crippen molar-refractivity contribution >= 4 is 16.9 Å². The molecule has 0 bridgehead atoms. The number of anilines is 1. The molecule has 20 heavy (non-hydrogen) atoms. The second-order valence-corrected chi connectivity index (χ2v) is 5.61. The minimum Gasteiger partial charge on any atom is -0.396 e. The third kappa shape index (κ3) is 2.41. The van der Waals surface area contributed by atoms with E-state index in [2.05, 4.69) is 15.3 Å². The lowest BCUT2D eigenvalue weighted by molar-refractivity contribution is 0.101. The number of hydrogen-bond acceptors (Lipinski definition) is 4. The van der Waals surface area contributed by atoms with Gasteiger partial charge in [0, 0.05) is 13.2 Å². The molecule has 3 rings (SSSR count). The molecule has 1 aromatic heterocycles. The topological polar surface area (TPSA) is 78.0 Å². The average Bonchev–Trinajstić information content (AvgIpc) is 2.42. The molecule has 0 saturated heterocycles. The summed E-state index contributed by atoms with van der Waals surface area (Å²) in [5.74, 6) is 0.512. The maximum absolute atomic E-state index is 12.0. The number of fused-ring (bicyclic) bond motifs is 1. The zero-order valence-corrected chi connectivity index (χ0v) is 11.4. The van der Waals surface area contributed by atoms with Crippen molar-refractivity contribution in [3.05, 3.63) is 34.6 Å². The van der Waals surface area contributed by atoms with E-state index in [1.807, 2.05) is 18.2 Å². The van der Waals surface area contributed by atoms with Gasteiger partial charge in [-0.05, 0) is 36.8 Å². The Balaban J connectivity index is 1.79. The molecular weight excluding hydrogens is 254 g/mol. The molecule has 0 atom stereocenters. The first-order chi connectivity index (χ1) is 9.72. The molecule has 5 heteroatoms. The van der Waals surface area contributed by atoms with Gasteiger partial charge in [-0.2, -0.15) is 0 Å². The second-order valence-electron chi connectivity index (χ2n) is 5.61. The highest BCUT2D eigenvalue weighted by Crippen LogP contribution is 2.43. The molecule has 2 aromatic rings. The van der Waals surface area contributed by atoms with Crippen molar-refractivity contribution in [3.63, 3.8) is 0 Å². The Bertz CT molecular complexity index is 661. The van der Waals surface area contributed by atoms with Crippen LogP contribution >= 0.6 is 0 Å². The Morgan fingerprint density at radius 2 is 2.15 bits per heavy atom. The Morgan fingerprint density at radius 3 is 2.85 bits per heavy atom. The maximum Gasteiger partial charge on any atom is 0.260 e. The zero-order valence-electron chi connectivity index (χ0n) is 11.4. The molecule has 1 aromatic carbocycles. The molecule has 0 radical (unpaired) electrons. The number of H-pyrrole nitrogens is 1. The van der Waals surface area contributed by atoms with E-state index in [9.17, 15) is 4.79 Å². The van der Waals surface area contributed by atoms with Crippen molar-refractivity contribution < 1.29 is 5.11 Å². The summed E-state index contributed by atoms with van der Waals surface area (Å²) in [6.45, 7) is 0.957. The van der Waals surface area contributed by atoms with Gasteiger partial charge >= 0.3 is 0 Å². The summed E-state index contributed by atoms with van der Waals surface area (Å²) in [5.41, 5.74) is 0.741. The lowest BCUT2D eigenvalue weighted by Gasteiger charge is -2.41. The fraction of sp³-hybridized carbons (Fsp3) is 0.467. The van der Waals surface area contributed by atoms with Gasteiger partial charge in [-0.15, -0.1) is 0 Å².